The summed E-state index contributed by atoms with van der Waals surface area (Å²) in [5, 5.41) is 11.3. The third-order valence-corrected chi connectivity index (χ3v) is 7.17. The van der Waals surface area contributed by atoms with E-state index < -0.39 is 23.5 Å². The van der Waals surface area contributed by atoms with Gasteiger partial charge in [0, 0.05) is 0 Å². The number of nitrogens with zero attached hydrogens (tertiary/aromatic N) is 2. The van der Waals surface area contributed by atoms with Gasteiger partial charge in [0.15, 0.2) is 16.7 Å². The largest absolute Gasteiger partial charge is 0.503 e. The summed E-state index contributed by atoms with van der Waals surface area (Å²) in [6, 6.07) is 15.5. The molecule has 0 bridgehead atoms. The second-order valence-electron chi connectivity index (χ2n) is 9.58. The van der Waals surface area contributed by atoms with Crippen molar-refractivity contribution in [3.05, 3.63) is 89.1 Å². The molecule has 4 aromatic rings. The highest BCUT2D eigenvalue weighted by Gasteiger charge is 2.46. The fourth-order valence-electron chi connectivity index (χ4n) is 4.31. The molecule has 1 aliphatic rings. The van der Waals surface area contributed by atoms with E-state index in [-0.39, 0.29) is 16.7 Å². The number of fused-ring (bicyclic) bond motifs is 1. The standard InChI is InChI=1S/C28H26N2O5S/c1-5-34-18-12-13-19-21(15-18)36-27(29-19)30-23(16-8-10-17(11-9-16)28(2,3)4)22(25(32)26(30)33)24(31)20-7-6-14-35-20/h6-15,23,32H,5H2,1-4H3. The molecule has 5 rings (SSSR count). The van der Waals surface area contributed by atoms with Crippen LogP contribution in [-0.2, 0) is 10.2 Å². The molecule has 36 heavy (non-hydrogen) atoms. The van der Waals surface area contributed by atoms with Crippen LogP contribution in [0.25, 0.3) is 10.2 Å². The van der Waals surface area contributed by atoms with Gasteiger partial charge < -0.3 is 14.3 Å². The molecule has 0 saturated carbocycles. The third-order valence-electron chi connectivity index (χ3n) is 6.16. The predicted molar refractivity (Wildman–Crippen MR) is 139 cm³/mol. The second kappa shape index (κ2) is 8.95. The number of aliphatic hydroxyl groups excluding tert-OH is 1. The SMILES string of the molecule is CCOc1ccc2nc(N3C(=O)C(O)=C(C(=O)c4ccco4)C3c3ccc(C(C)(C)C)cc3)sc2c1. The summed E-state index contributed by atoms with van der Waals surface area (Å²) in [6.07, 6.45) is 1.38. The minimum atomic E-state index is -0.865. The molecule has 1 N–H and O–H groups in total. The second-order valence-corrected chi connectivity index (χ2v) is 10.6. The molecule has 7 nitrogen and oxygen atoms in total. The topological polar surface area (TPSA) is 92.9 Å². The van der Waals surface area contributed by atoms with Gasteiger partial charge in [-0.05, 0) is 53.8 Å². The Morgan fingerprint density at radius 2 is 1.92 bits per heavy atom. The highest BCUT2D eigenvalue weighted by molar-refractivity contribution is 7.22. The summed E-state index contributed by atoms with van der Waals surface area (Å²) in [7, 11) is 0. The van der Waals surface area contributed by atoms with Crippen molar-refractivity contribution in [3.8, 4) is 5.75 Å². The number of furan rings is 1. The van der Waals surface area contributed by atoms with Gasteiger partial charge in [-0.15, -0.1) is 0 Å². The molecule has 184 valence electrons. The number of thiazole rings is 1. The summed E-state index contributed by atoms with van der Waals surface area (Å²) < 4.78 is 11.7. The average Bonchev–Trinajstić information content (AvgIpc) is 3.57. The molecule has 1 unspecified atom stereocenters. The van der Waals surface area contributed by atoms with Crippen LogP contribution in [0, 0.1) is 0 Å². The molecule has 0 saturated heterocycles. The maximum Gasteiger partial charge on any atom is 0.296 e. The number of benzene rings is 2. The monoisotopic (exact) mass is 502 g/mol. The molecule has 0 radical (unpaired) electrons. The van der Waals surface area contributed by atoms with Gasteiger partial charge in [-0.1, -0.05) is 56.4 Å². The number of aliphatic hydroxyl groups is 1. The van der Waals surface area contributed by atoms with E-state index in [9.17, 15) is 14.7 Å². The molecule has 2 aromatic heterocycles. The first kappa shape index (κ1) is 23.8. The molecular weight excluding hydrogens is 476 g/mol. The van der Waals surface area contributed by atoms with Crippen LogP contribution in [-0.4, -0.2) is 28.4 Å². The zero-order chi connectivity index (χ0) is 25.6. The van der Waals surface area contributed by atoms with E-state index in [1.54, 1.807) is 6.07 Å². The zero-order valence-electron chi connectivity index (χ0n) is 20.4. The van der Waals surface area contributed by atoms with Crippen molar-refractivity contribution in [2.24, 2.45) is 0 Å². The molecule has 3 heterocycles. The molecule has 2 aromatic carbocycles. The summed E-state index contributed by atoms with van der Waals surface area (Å²) >= 11 is 1.30. The number of aromatic nitrogens is 1. The van der Waals surface area contributed by atoms with E-state index in [1.165, 1.54) is 28.6 Å². The number of hydrogen-bond donors (Lipinski definition) is 1. The molecule has 0 spiro atoms. The maximum atomic E-state index is 13.4. The van der Waals surface area contributed by atoms with E-state index in [2.05, 4.69) is 25.8 Å². The Labute approximate surface area is 212 Å². The number of carbonyl (C=O) groups is 2. The molecule has 8 heteroatoms. The first-order valence-corrected chi connectivity index (χ1v) is 12.5. The van der Waals surface area contributed by atoms with Crippen LogP contribution in [0.2, 0.25) is 0 Å². The number of hydrogen-bond acceptors (Lipinski definition) is 7. The highest BCUT2D eigenvalue weighted by atomic mass is 32.1. The van der Waals surface area contributed by atoms with E-state index in [0.29, 0.717) is 28.6 Å². The van der Waals surface area contributed by atoms with Crippen molar-refractivity contribution in [2.45, 2.75) is 39.2 Å². The van der Waals surface area contributed by atoms with Crippen molar-refractivity contribution < 1.29 is 23.8 Å². The molecule has 0 aliphatic carbocycles. The Balaban J connectivity index is 1.64. The van der Waals surface area contributed by atoms with Crippen molar-refractivity contribution in [1.29, 1.82) is 0 Å². The molecule has 1 aliphatic heterocycles. The third kappa shape index (κ3) is 4.07. The van der Waals surface area contributed by atoms with Gasteiger partial charge in [0.2, 0.25) is 5.78 Å². The minimum absolute atomic E-state index is 0.0345. The van der Waals surface area contributed by atoms with Gasteiger partial charge in [0.25, 0.3) is 5.91 Å². The number of ketones is 1. The Bertz CT molecular complexity index is 1480. The lowest BCUT2D eigenvalue weighted by molar-refractivity contribution is -0.117. The lowest BCUT2D eigenvalue weighted by Crippen LogP contribution is -2.31. The smallest absolute Gasteiger partial charge is 0.296 e. The number of rotatable bonds is 6. The average molecular weight is 503 g/mol. The van der Waals surface area contributed by atoms with Gasteiger partial charge in [0.05, 0.1) is 34.7 Å². The summed E-state index contributed by atoms with van der Waals surface area (Å²) in [5.41, 5.74) is 2.38. The Hall–Kier alpha value is -3.91. The number of anilines is 1. The normalized spacial score (nSPS) is 16.3. The summed E-state index contributed by atoms with van der Waals surface area (Å²) in [5.74, 6) is -1.07. The lowest BCUT2D eigenvalue weighted by atomic mass is 9.85. The van der Waals surface area contributed by atoms with E-state index in [1.807, 2.05) is 49.4 Å². The van der Waals surface area contributed by atoms with Crippen LogP contribution in [0.5, 0.6) is 5.75 Å². The van der Waals surface area contributed by atoms with Crippen molar-refractivity contribution in [1.82, 2.24) is 4.98 Å². The highest BCUT2D eigenvalue weighted by Crippen LogP contribution is 2.44. The van der Waals surface area contributed by atoms with Crippen LogP contribution in [0.4, 0.5) is 5.13 Å². The number of Topliss-reactive ketones (excluding diaryl/α,β-unsaturated/α-hetero) is 1. The van der Waals surface area contributed by atoms with Gasteiger partial charge in [-0.2, -0.15) is 0 Å². The first-order chi connectivity index (χ1) is 17.2. The first-order valence-electron chi connectivity index (χ1n) is 11.7. The molecular formula is C28H26N2O5S. The Kier molecular flexibility index (Phi) is 5.92. The van der Waals surface area contributed by atoms with E-state index >= 15 is 0 Å². The van der Waals surface area contributed by atoms with Crippen LogP contribution >= 0.6 is 11.3 Å². The van der Waals surface area contributed by atoms with E-state index in [0.717, 1.165) is 10.3 Å². The maximum absolute atomic E-state index is 13.4. The Morgan fingerprint density at radius 1 is 1.17 bits per heavy atom. The van der Waals surface area contributed by atoms with Crippen LogP contribution < -0.4 is 9.64 Å². The number of amides is 1. The fourth-order valence-corrected chi connectivity index (χ4v) is 5.33. The summed E-state index contributed by atoms with van der Waals surface area (Å²) in [4.78, 5) is 32.9. The van der Waals surface area contributed by atoms with Crippen LogP contribution in [0.3, 0.4) is 0 Å². The molecule has 0 fully saturated rings. The number of ether oxygens (including phenoxy) is 1. The zero-order valence-corrected chi connectivity index (χ0v) is 21.3. The Morgan fingerprint density at radius 3 is 2.56 bits per heavy atom. The lowest BCUT2D eigenvalue weighted by Gasteiger charge is -2.25. The minimum Gasteiger partial charge on any atom is -0.503 e. The van der Waals surface area contributed by atoms with Gasteiger partial charge in [0.1, 0.15) is 5.75 Å². The quantitative estimate of drug-likeness (QED) is 0.308. The van der Waals surface area contributed by atoms with Crippen molar-refractivity contribution in [2.75, 3.05) is 11.5 Å². The van der Waals surface area contributed by atoms with Crippen molar-refractivity contribution >= 4 is 38.4 Å². The van der Waals surface area contributed by atoms with E-state index in [4.69, 9.17) is 9.15 Å². The fraction of sp³-hybridized carbons (Fsp3) is 0.250. The molecule has 1 amide bonds. The van der Waals surface area contributed by atoms with Crippen LogP contribution in [0.1, 0.15) is 55.4 Å². The van der Waals surface area contributed by atoms with Crippen molar-refractivity contribution in [3.63, 3.8) is 0 Å². The van der Waals surface area contributed by atoms with Crippen LogP contribution in [0.15, 0.2) is 76.6 Å². The van der Waals surface area contributed by atoms with Gasteiger partial charge >= 0.3 is 0 Å². The predicted octanol–water partition coefficient (Wildman–Crippen LogP) is 6.37. The summed E-state index contributed by atoms with van der Waals surface area (Å²) in [6.45, 7) is 8.78. The molecule has 1 atom stereocenters. The van der Waals surface area contributed by atoms with Gasteiger partial charge in [-0.3, -0.25) is 14.5 Å². The van der Waals surface area contributed by atoms with Gasteiger partial charge in [-0.25, -0.2) is 4.98 Å². The number of carbonyl (C=O) groups excluding carboxylic acids is 2.